The van der Waals surface area contributed by atoms with Crippen molar-refractivity contribution in [1.29, 1.82) is 0 Å². The second kappa shape index (κ2) is 7.90. The van der Waals surface area contributed by atoms with Gasteiger partial charge in [0.15, 0.2) is 0 Å². The van der Waals surface area contributed by atoms with Gasteiger partial charge in [-0.1, -0.05) is 19.9 Å². The maximum absolute atomic E-state index is 12.6. The number of carbonyl (C=O) groups excluding carboxylic acids is 1. The maximum atomic E-state index is 12.6. The lowest BCUT2D eigenvalue weighted by atomic mass is 10.1. The molecule has 132 valence electrons. The lowest BCUT2D eigenvalue weighted by Crippen LogP contribution is -2.28. The number of rotatable bonds is 6. The molecule has 1 saturated heterocycles. The quantitative estimate of drug-likeness (QED) is 0.632. The van der Waals surface area contributed by atoms with Crippen molar-refractivity contribution < 1.29 is 13.2 Å². The van der Waals surface area contributed by atoms with Gasteiger partial charge in [-0.25, -0.2) is 13.8 Å². The highest BCUT2D eigenvalue weighted by molar-refractivity contribution is 7.89. The number of nitrogens with one attached hydrogen (secondary N) is 1. The fourth-order valence-corrected chi connectivity index (χ4v) is 4.05. The lowest BCUT2D eigenvalue weighted by Gasteiger charge is -2.15. The second-order valence-corrected chi connectivity index (χ2v) is 8.08. The summed E-state index contributed by atoms with van der Waals surface area (Å²) in [7, 11) is -3.53. The van der Waals surface area contributed by atoms with Crippen molar-refractivity contribution >= 4 is 21.6 Å². The van der Waals surface area contributed by atoms with E-state index in [2.05, 4.69) is 17.5 Å². The van der Waals surface area contributed by atoms with Gasteiger partial charge >= 0.3 is 0 Å². The molecular weight excluding hydrogens is 326 g/mol. The molecule has 2 rings (SSSR count). The van der Waals surface area contributed by atoms with E-state index in [9.17, 15) is 13.2 Å². The van der Waals surface area contributed by atoms with Gasteiger partial charge in [-0.2, -0.15) is 9.41 Å². The molecule has 1 aromatic rings. The Bertz CT molecular complexity index is 722. The van der Waals surface area contributed by atoms with Crippen LogP contribution in [0.25, 0.3) is 0 Å². The van der Waals surface area contributed by atoms with Gasteiger partial charge in [0.2, 0.25) is 10.0 Å². The van der Waals surface area contributed by atoms with Gasteiger partial charge in [-0.15, -0.1) is 0 Å². The predicted octanol–water partition coefficient (Wildman–Crippen LogP) is 2.62. The SMILES string of the molecule is CC[C@@H](C)/C(C)=N\NC(=O)c1cccc(S(=O)(=O)N2CCCC2)c1. The Labute approximate surface area is 144 Å². The van der Waals surface area contributed by atoms with Crippen LogP contribution in [0.3, 0.4) is 0 Å². The summed E-state index contributed by atoms with van der Waals surface area (Å²) in [6, 6.07) is 6.12. The molecule has 1 atom stereocenters. The zero-order valence-electron chi connectivity index (χ0n) is 14.4. The first-order valence-electron chi connectivity index (χ1n) is 8.31. The first-order chi connectivity index (χ1) is 11.4. The third kappa shape index (κ3) is 4.21. The number of nitrogens with zero attached hydrogens (tertiary/aromatic N) is 2. The van der Waals surface area contributed by atoms with Crippen LogP contribution in [-0.4, -0.2) is 37.4 Å². The van der Waals surface area contributed by atoms with Crippen LogP contribution in [0.1, 0.15) is 50.4 Å². The molecule has 1 aromatic carbocycles. The Morgan fingerprint density at radius 2 is 2.00 bits per heavy atom. The van der Waals surface area contributed by atoms with Crippen LogP contribution in [0.2, 0.25) is 0 Å². The van der Waals surface area contributed by atoms with E-state index in [0.717, 1.165) is 25.0 Å². The van der Waals surface area contributed by atoms with E-state index in [1.54, 1.807) is 12.1 Å². The van der Waals surface area contributed by atoms with Gasteiger partial charge in [-0.05, 0) is 50.3 Å². The van der Waals surface area contributed by atoms with Crippen LogP contribution < -0.4 is 5.43 Å². The Morgan fingerprint density at radius 3 is 2.62 bits per heavy atom. The third-order valence-corrected chi connectivity index (χ3v) is 6.35. The van der Waals surface area contributed by atoms with Gasteiger partial charge in [0, 0.05) is 24.4 Å². The smallest absolute Gasteiger partial charge is 0.267 e. The molecule has 24 heavy (non-hydrogen) atoms. The van der Waals surface area contributed by atoms with E-state index >= 15 is 0 Å². The number of sulfonamides is 1. The molecule has 1 aliphatic heterocycles. The average Bonchev–Trinajstić information content (AvgIpc) is 3.14. The molecule has 0 aliphatic carbocycles. The highest BCUT2D eigenvalue weighted by Gasteiger charge is 2.27. The molecule has 1 aliphatic rings. The van der Waals surface area contributed by atoms with Crippen LogP contribution in [0.15, 0.2) is 34.3 Å². The summed E-state index contributed by atoms with van der Waals surface area (Å²) in [5, 5.41) is 4.10. The van der Waals surface area contributed by atoms with Crippen molar-refractivity contribution in [3.8, 4) is 0 Å². The molecule has 0 spiro atoms. The van der Waals surface area contributed by atoms with E-state index in [-0.39, 0.29) is 16.4 Å². The van der Waals surface area contributed by atoms with E-state index in [0.29, 0.717) is 13.1 Å². The van der Waals surface area contributed by atoms with Crippen molar-refractivity contribution in [3.63, 3.8) is 0 Å². The van der Waals surface area contributed by atoms with Crippen molar-refractivity contribution in [3.05, 3.63) is 29.8 Å². The molecule has 1 heterocycles. The molecule has 1 fully saturated rings. The van der Waals surface area contributed by atoms with Crippen molar-refractivity contribution in [2.45, 2.75) is 44.9 Å². The molecule has 0 aromatic heterocycles. The normalized spacial score (nSPS) is 17.7. The number of hydrogen-bond acceptors (Lipinski definition) is 4. The zero-order chi connectivity index (χ0) is 17.7. The van der Waals surface area contributed by atoms with E-state index in [1.807, 2.05) is 13.8 Å². The molecule has 1 amide bonds. The van der Waals surface area contributed by atoms with Crippen LogP contribution in [0.5, 0.6) is 0 Å². The summed E-state index contributed by atoms with van der Waals surface area (Å²) in [5.74, 6) is -0.122. The van der Waals surface area contributed by atoms with Gasteiger partial charge in [-0.3, -0.25) is 4.79 Å². The number of carbonyl (C=O) groups is 1. The summed E-state index contributed by atoms with van der Waals surface area (Å²) in [4.78, 5) is 12.4. The Morgan fingerprint density at radius 1 is 1.33 bits per heavy atom. The van der Waals surface area contributed by atoms with Crippen molar-refractivity contribution in [2.75, 3.05) is 13.1 Å². The van der Waals surface area contributed by atoms with E-state index in [1.165, 1.54) is 16.4 Å². The highest BCUT2D eigenvalue weighted by atomic mass is 32.2. The minimum atomic E-state index is -3.53. The van der Waals surface area contributed by atoms with Crippen LogP contribution in [-0.2, 0) is 10.0 Å². The molecule has 6 nitrogen and oxygen atoms in total. The van der Waals surface area contributed by atoms with Crippen LogP contribution >= 0.6 is 0 Å². The number of hydrazone groups is 1. The fourth-order valence-electron chi connectivity index (χ4n) is 2.48. The molecule has 0 unspecified atom stereocenters. The lowest BCUT2D eigenvalue weighted by molar-refractivity contribution is 0.0954. The number of hydrogen-bond donors (Lipinski definition) is 1. The summed E-state index contributed by atoms with van der Waals surface area (Å²) >= 11 is 0. The van der Waals surface area contributed by atoms with Crippen LogP contribution in [0, 0.1) is 5.92 Å². The second-order valence-electron chi connectivity index (χ2n) is 6.14. The monoisotopic (exact) mass is 351 g/mol. The van der Waals surface area contributed by atoms with E-state index in [4.69, 9.17) is 0 Å². The minimum absolute atomic E-state index is 0.152. The Hall–Kier alpha value is -1.73. The number of benzene rings is 1. The maximum Gasteiger partial charge on any atom is 0.271 e. The first-order valence-corrected chi connectivity index (χ1v) is 9.75. The standard InChI is InChI=1S/C17H25N3O3S/c1-4-13(2)14(3)18-19-17(21)15-8-7-9-16(12-15)24(22,23)20-10-5-6-11-20/h7-9,12-13H,4-6,10-11H2,1-3H3,(H,19,21)/b18-14-/t13-/m1/s1. The van der Waals surface area contributed by atoms with Crippen molar-refractivity contribution in [2.24, 2.45) is 11.0 Å². The summed E-state index contributed by atoms with van der Waals surface area (Å²) in [6.45, 7) is 7.03. The molecule has 0 bridgehead atoms. The Kier molecular flexibility index (Phi) is 6.12. The van der Waals surface area contributed by atoms with Gasteiger partial charge < -0.3 is 0 Å². The third-order valence-electron chi connectivity index (χ3n) is 4.46. The largest absolute Gasteiger partial charge is 0.271 e. The first kappa shape index (κ1) is 18.6. The summed E-state index contributed by atoms with van der Waals surface area (Å²) in [5.41, 5.74) is 3.63. The topological polar surface area (TPSA) is 78.8 Å². The van der Waals surface area contributed by atoms with Crippen LogP contribution in [0.4, 0.5) is 0 Å². The molecule has 7 heteroatoms. The zero-order valence-corrected chi connectivity index (χ0v) is 15.3. The molecular formula is C17H25N3O3S. The number of amides is 1. The molecule has 0 saturated carbocycles. The van der Waals surface area contributed by atoms with Crippen molar-refractivity contribution in [1.82, 2.24) is 9.73 Å². The van der Waals surface area contributed by atoms with Gasteiger partial charge in [0.25, 0.3) is 5.91 Å². The highest BCUT2D eigenvalue weighted by Crippen LogP contribution is 2.21. The predicted molar refractivity (Wildman–Crippen MR) is 94.5 cm³/mol. The molecule has 0 radical (unpaired) electrons. The summed E-state index contributed by atoms with van der Waals surface area (Å²) in [6.07, 6.45) is 2.70. The fraction of sp³-hybridized carbons (Fsp3) is 0.529. The van der Waals surface area contributed by atoms with Gasteiger partial charge in [0.1, 0.15) is 0 Å². The Balaban J connectivity index is 2.16. The van der Waals surface area contributed by atoms with E-state index < -0.39 is 15.9 Å². The minimum Gasteiger partial charge on any atom is -0.267 e. The summed E-state index contributed by atoms with van der Waals surface area (Å²) < 4.78 is 26.6. The average molecular weight is 351 g/mol. The molecule has 1 N–H and O–H groups in total. The van der Waals surface area contributed by atoms with Gasteiger partial charge in [0.05, 0.1) is 4.90 Å².